The zero-order valence-corrected chi connectivity index (χ0v) is 22.1. The van der Waals surface area contributed by atoms with Crippen molar-refractivity contribution in [3.8, 4) is 6.07 Å². The van der Waals surface area contributed by atoms with Crippen molar-refractivity contribution in [2.45, 2.75) is 59.2 Å². The van der Waals surface area contributed by atoms with Gasteiger partial charge in [0.2, 0.25) is 11.8 Å². The van der Waals surface area contributed by atoms with E-state index < -0.39 is 38.0 Å². The summed E-state index contributed by atoms with van der Waals surface area (Å²) in [6.07, 6.45) is 2.02. The number of nitrogens with one attached hydrogen (secondary N) is 1. The van der Waals surface area contributed by atoms with Gasteiger partial charge in [0.15, 0.2) is 9.84 Å². The SMILES string of the molecule is N#CC1(NC(=O)C2CC(S(=O)(=O)c3ccccc3Cl)CN2C(=O)C2(c3ccc(Cl)c(Cl)c3)CC2)CC1. The molecule has 5 rings (SSSR count). The summed E-state index contributed by atoms with van der Waals surface area (Å²) >= 11 is 18.5. The number of carbonyl (C=O) groups is 2. The summed E-state index contributed by atoms with van der Waals surface area (Å²) in [5.41, 5.74) is -1.18. The second kappa shape index (κ2) is 8.91. The maximum absolute atomic E-state index is 14.0. The first-order valence-electron chi connectivity index (χ1n) is 11.5. The topological polar surface area (TPSA) is 107 Å². The number of carbonyl (C=O) groups excluding carboxylic acids is 2. The lowest BCUT2D eigenvalue weighted by atomic mass is 9.94. The molecular formula is C25H22Cl3N3O4S. The van der Waals surface area contributed by atoms with Gasteiger partial charge in [0.1, 0.15) is 11.6 Å². The molecule has 0 spiro atoms. The summed E-state index contributed by atoms with van der Waals surface area (Å²) in [6, 6.07) is 12.2. The normalized spacial score (nSPS) is 23.6. The first-order valence-corrected chi connectivity index (χ1v) is 14.2. The van der Waals surface area contributed by atoms with E-state index in [2.05, 4.69) is 11.4 Å². The van der Waals surface area contributed by atoms with Crippen LogP contribution in [0.2, 0.25) is 15.1 Å². The third-order valence-corrected chi connectivity index (χ3v) is 10.7. The van der Waals surface area contributed by atoms with Crippen molar-refractivity contribution in [3.05, 3.63) is 63.1 Å². The van der Waals surface area contributed by atoms with E-state index in [4.69, 9.17) is 34.8 Å². The van der Waals surface area contributed by atoms with Crippen LogP contribution in [0.1, 0.15) is 37.7 Å². The highest BCUT2D eigenvalue weighted by Gasteiger charge is 2.58. The van der Waals surface area contributed by atoms with E-state index in [9.17, 15) is 23.3 Å². The predicted octanol–water partition coefficient (Wildman–Crippen LogP) is 4.29. The maximum Gasteiger partial charge on any atom is 0.244 e. The molecule has 1 heterocycles. The highest BCUT2D eigenvalue weighted by atomic mass is 35.5. The predicted molar refractivity (Wildman–Crippen MR) is 136 cm³/mol. The molecule has 0 bridgehead atoms. The minimum Gasteiger partial charge on any atom is -0.336 e. The fourth-order valence-electron chi connectivity index (χ4n) is 4.88. The van der Waals surface area contributed by atoms with Crippen LogP contribution in [-0.4, -0.2) is 48.5 Å². The van der Waals surface area contributed by atoms with Crippen molar-refractivity contribution < 1.29 is 18.0 Å². The monoisotopic (exact) mass is 565 g/mol. The van der Waals surface area contributed by atoms with Crippen LogP contribution in [0, 0.1) is 11.3 Å². The van der Waals surface area contributed by atoms with Gasteiger partial charge in [0, 0.05) is 6.54 Å². The third kappa shape index (κ3) is 4.26. The molecule has 2 atom stereocenters. The smallest absolute Gasteiger partial charge is 0.244 e. The van der Waals surface area contributed by atoms with E-state index in [0.29, 0.717) is 41.3 Å². The largest absolute Gasteiger partial charge is 0.336 e. The number of nitrogens with zero attached hydrogens (tertiary/aromatic N) is 2. The van der Waals surface area contributed by atoms with E-state index in [1.54, 1.807) is 30.3 Å². The fraction of sp³-hybridized carbons (Fsp3) is 0.400. The van der Waals surface area contributed by atoms with Gasteiger partial charge in [-0.1, -0.05) is 53.0 Å². The number of likely N-dealkylation sites (tertiary alicyclic amines) is 1. The van der Waals surface area contributed by atoms with E-state index in [1.165, 1.54) is 17.0 Å². The molecule has 2 unspecified atom stereocenters. The molecule has 1 saturated heterocycles. The quantitative estimate of drug-likeness (QED) is 0.561. The Hall–Kier alpha value is -2.31. The Bertz CT molecular complexity index is 1410. The number of halogens is 3. The first kappa shape index (κ1) is 25.3. The van der Waals surface area contributed by atoms with E-state index in [-0.39, 0.29) is 28.8 Å². The summed E-state index contributed by atoms with van der Waals surface area (Å²) in [6.45, 7) is -0.160. The Kier molecular flexibility index (Phi) is 6.27. The lowest BCUT2D eigenvalue weighted by molar-refractivity contribution is -0.140. The molecule has 36 heavy (non-hydrogen) atoms. The van der Waals surface area contributed by atoms with Gasteiger partial charge in [0.25, 0.3) is 0 Å². The van der Waals surface area contributed by atoms with Crippen molar-refractivity contribution in [1.29, 1.82) is 5.26 Å². The average Bonchev–Trinajstić information content (AvgIpc) is 3.77. The fourth-order valence-corrected chi connectivity index (χ4v) is 7.40. The molecule has 188 valence electrons. The molecular weight excluding hydrogens is 545 g/mol. The summed E-state index contributed by atoms with van der Waals surface area (Å²) in [5.74, 6) is -0.858. The van der Waals surface area contributed by atoms with E-state index in [0.717, 1.165) is 0 Å². The Morgan fingerprint density at radius 2 is 1.69 bits per heavy atom. The molecule has 0 radical (unpaired) electrons. The minimum atomic E-state index is -3.95. The molecule has 1 aliphatic heterocycles. The molecule has 0 aromatic heterocycles. The maximum atomic E-state index is 14.0. The van der Waals surface area contributed by atoms with Crippen LogP contribution in [0.3, 0.4) is 0 Å². The first-order chi connectivity index (χ1) is 17.0. The van der Waals surface area contributed by atoms with Gasteiger partial charge in [-0.3, -0.25) is 9.59 Å². The standard InChI is InChI=1S/C25H22Cl3N3O4S/c26-17-6-5-15(11-19(17)28)25(9-10-25)23(33)31-13-16(36(34,35)21-4-2-1-3-18(21)27)12-20(31)22(32)30-24(14-29)7-8-24/h1-6,11,16,20H,7-10,12-13H2,(H,30,32). The number of hydrogen-bond acceptors (Lipinski definition) is 5. The highest BCUT2D eigenvalue weighted by molar-refractivity contribution is 7.92. The van der Waals surface area contributed by atoms with Gasteiger partial charge in [-0.2, -0.15) is 5.26 Å². The Labute approximate surface area is 224 Å². The molecule has 7 nitrogen and oxygen atoms in total. The number of nitriles is 1. The summed E-state index contributed by atoms with van der Waals surface area (Å²) < 4.78 is 27.0. The van der Waals surface area contributed by atoms with Gasteiger partial charge < -0.3 is 10.2 Å². The minimum absolute atomic E-state index is 0.0357. The van der Waals surface area contributed by atoms with Crippen molar-refractivity contribution in [1.82, 2.24) is 10.2 Å². The molecule has 2 aliphatic carbocycles. The lowest BCUT2D eigenvalue weighted by Gasteiger charge is -2.29. The molecule has 2 aromatic rings. The van der Waals surface area contributed by atoms with Crippen molar-refractivity contribution >= 4 is 56.5 Å². The van der Waals surface area contributed by atoms with Gasteiger partial charge in [-0.05, 0) is 61.9 Å². The van der Waals surface area contributed by atoms with Crippen molar-refractivity contribution in [2.75, 3.05) is 6.54 Å². The van der Waals surface area contributed by atoms with Crippen LogP contribution in [0.25, 0.3) is 0 Å². The van der Waals surface area contributed by atoms with E-state index in [1.807, 2.05) is 0 Å². The van der Waals surface area contributed by atoms with Gasteiger partial charge in [-0.25, -0.2) is 8.42 Å². The molecule has 11 heteroatoms. The van der Waals surface area contributed by atoms with Crippen molar-refractivity contribution in [2.24, 2.45) is 0 Å². The second-order valence-corrected chi connectivity index (χ2v) is 13.1. The molecule has 3 aliphatic rings. The van der Waals surface area contributed by atoms with Gasteiger partial charge in [-0.15, -0.1) is 0 Å². The van der Waals surface area contributed by atoms with Crippen LogP contribution in [-0.2, 0) is 24.8 Å². The lowest BCUT2D eigenvalue weighted by Crippen LogP contribution is -2.51. The Morgan fingerprint density at radius 3 is 2.28 bits per heavy atom. The third-order valence-electron chi connectivity index (χ3n) is 7.37. The molecule has 2 aromatic carbocycles. The number of sulfone groups is 1. The summed E-state index contributed by atoms with van der Waals surface area (Å²) in [4.78, 5) is 28.6. The van der Waals surface area contributed by atoms with Crippen LogP contribution < -0.4 is 5.32 Å². The van der Waals surface area contributed by atoms with Crippen LogP contribution >= 0.6 is 34.8 Å². The number of benzene rings is 2. The zero-order valence-electron chi connectivity index (χ0n) is 19.0. The van der Waals surface area contributed by atoms with Gasteiger partial charge >= 0.3 is 0 Å². The Balaban J connectivity index is 1.49. The zero-order chi connectivity index (χ0) is 25.9. The van der Waals surface area contributed by atoms with E-state index >= 15 is 0 Å². The second-order valence-electron chi connectivity index (χ2n) is 9.70. The average molecular weight is 567 g/mol. The van der Waals surface area contributed by atoms with Crippen LogP contribution in [0.4, 0.5) is 0 Å². The van der Waals surface area contributed by atoms with Crippen LogP contribution in [0.15, 0.2) is 47.4 Å². The number of hydrogen-bond donors (Lipinski definition) is 1. The number of amides is 2. The number of rotatable bonds is 6. The summed E-state index contributed by atoms with van der Waals surface area (Å²) in [7, 11) is -3.95. The highest BCUT2D eigenvalue weighted by Crippen LogP contribution is 2.52. The Morgan fingerprint density at radius 1 is 1.00 bits per heavy atom. The molecule has 1 N–H and O–H groups in total. The van der Waals surface area contributed by atoms with Gasteiger partial charge in [0.05, 0.1) is 36.7 Å². The molecule has 3 fully saturated rings. The molecule has 2 saturated carbocycles. The van der Waals surface area contributed by atoms with Crippen LogP contribution in [0.5, 0.6) is 0 Å². The summed E-state index contributed by atoms with van der Waals surface area (Å²) in [5, 5.41) is 11.9. The molecule has 2 amide bonds. The van der Waals surface area contributed by atoms with Crippen molar-refractivity contribution in [3.63, 3.8) is 0 Å².